The van der Waals surface area contributed by atoms with Crippen LogP contribution < -0.4 is 0 Å². The van der Waals surface area contributed by atoms with Gasteiger partial charge in [-0.25, -0.2) is 0 Å². The Morgan fingerprint density at radius 1 is 0.842 bits per heavy atom. The maximum absolute atomic E-state index is 4.75. The molecule has 1 aliphatic heterocycles. The summed E-state index contributed by atoms with van der Waals surface area (Å²) in [7, 11) is 0. The van der Waals surface area contributed by atoms with E-state index in [-0.39, 0.29) is 0 Å². The SMILES string of the molecule is c1ccc2c(c1)CC(c1cncc3ccccc13)=N2. The molecule has 1 aromatic heterocycles. The Balaban J connectivity index is 1.90. The van der Waals surface area contributed by atoms with Crippen LogP contribution >= 0.6 is 0 Å². The summed E-state index contributed by atoms with van der Waals surface area (Å²) in [5.74, 6) is 0. The number of aliphatic imine (C=N–C) groups is 1. The van der Waals surface area contributed by atoms with E-state index in [1.165, 1.54) is 16.3 Å². The molecule has 2 heterocycles. The molecule has 0 fully saturated rings. The van der Waals surface area contributed by atoms with Crippen LogP contribution in [0.15, 0.2) is 65.9 Å². The average molecular weight is 244 g/mol. The number of benzene rings is 2. The van der Waals surface area contributed by atoms with E-state index in [9.17, 15) is 0 Å². The van der Waals surface area contributed by atoms with Gasteiger partial charge in [-0.15, -0.1) is 0 Å². The van der Waals surface area contributed by atoms with E-state index >= 15 is 0 Å². The van der Waals surface area contributed by atoms with Crippen molar-refractivity contribution in [3.8, 4) is 0 Å². The lowest BCUT2D eigenvalue weighted by Gasteiger charge is -2.05. The zero-order chi connectivity index (χ0) is 12.7. The highest BCUT2D eigenvalue weighted by atomic mass is 14.8. The molecule has 0 N–H and O–H groups in total. The second-order valence-electron chi connectivity index (χ2n) is 4.77. The Labute approximate surface area is 111 Å². The Hall–Kier alpha value is -2.48. The molecular weight excluding hydrogens is 232 g/mol. The molecule has 4 rings (SSSR count). The first-order valence-corrected chi connectivity index (χ1v) is 6.40. The van der Waals surface area contributed by atoms with Gasteiger partial charge < -0.3 is 0 Å². The van der Waals surface area contributed by atoms with E-state index in [0.29, 0.717) is 0 Å². The fourth-order valence-electron chi connectivity index (χ4n) is 2.64. The summed E-state index contributed by atoms with van der Waals surface area (Å²) < 4.78 is 0. The molecule has 1 aliphatic rings. The number of nitrogens with zero attached hydrogens (tertiary/aromatic N) is 2. The smallest absolute Gasteiger partial charge is 0.0669 e. The number of hydrogen-bond acceptors (Lipinski definition) is 2. The maximum atomic E-state index is 4.75. The number of pyridine rings is 1. The van der Waals surface area contributed by atoms with Gasteiger partial charge in [0.2, 0.25) is 0 Å². The Bertz CT molecular complexity index is 798. The molecule has 2 nitrogen and oxygen atoms in total. The quantitative estimate of drug-likeness (QED) is 0.637. The van der Waals surface area contributed by atoms with Gasteiger partial charge in [-0.3, -0.25) is 9.98 Å². The van der Waals surface area contributed by atoms with Crippen molar-refractivity contribution < 1.29 is 0 Å². The van der Waals surface area contributed by atoms with Crippen molar-refractivity contribution in [3.05, 3.63) is 72.1 Å². The Kier molecular flexibility index (Phi) is 2.21. The number of rotatable bonds is 1. The van der Waals surface area contributed by atoms with Gasteiger partial charge in [-0.1, -0.05) is 42.5 Å². The average Bonchev–Trinajstić information content (AvgIpc) is 2.90. The van der Waals surface area contributed by atoms with Crippen LogP contribution in [0.1, 0.15) is 11.1 Å². The molecule has 0 saturated heterocycles. The van der Waals surface area contributed by atoms with Crippen LogP contribution in [0.3, 0.4) is 0 Å². The van der Waals surface area contributed by atoms with E-state index in [4.69, 9.17) is 4.99 Å². The molecule has 0 bridgehead atoms. The number of para-hydroxylation sites is 1. The molecule has 3 aromatic rings. The predicted octanol–water partition coefficient (Wildman–Crippen LogP) is 3.91. The van der Waals surface area contributed by atoms with E-state index in [2.05, 4.69) is 41.4 Å². The van der Waals surface area contributed by atoms with Gasteiger partial charge in [0.15, 0.2) is 0 Å². The highest BCUT2D eigenvalue weighted by molar-refractivity contribution is 6.14. The first-order valence-electron chi connectivity index (χ1n) is 6.40. The van der Waals surface area contributed by atoms with Gasteiger partial charge in [-0.05, 0) is 17.0 Å². The van der Waals surface area contributed by atoms with E-state index < -0.39 is 0 Å². The second kappa shape index (κ2) is 4.02. The molecule has 0 atom stereocenters. The van der Waals surface area contributed by atoms with E-state index in [1.54, 1.807) is 0 Å². The van der Waals surface area contributed by atoms with Crippen molar-refractivity contribution in [2.24, 2.45) is 4.99 Å². The van der Waals surface area contributed by atoms with E-state index in [0.717, 1.165) is 23.4 Å². The molecule has 0 amide bonds. The topological polar surface area (TPSA) is 25.2 Å². The summed E-state index contributed by atoms with van der Waals surface area (Å²) in [5.41, 5.74) is 4.65. The summed E-state index contributed by atoms with van der Waals surface area (Å²) in [4.78, 5) is 9.09. The second-order valence-corrected chi connectivity index (χ2v) is 4.77. The van der Waals surface area contributed by atoms with Crippen LogP contribution in [-0.4, -0.2) is 10.7 Å². The van der Waals surface area contributed by atoms with Crippen molar-refractivity contribution >= 4 is 22.2 Å². The summed E-state index contributed by atoms with van der Waals surface area (Å²) in [5, 5.41) is 2.39. The summed E-state index contributed by atoms with van der Waals surface area (Å²) in [6, 6.07) is 16.6. The molecule has 0 unspecified atom stereocenters. The van der Waals surface area contributed by atoms with Crippen LogP contribution in [0.2, 0.25) is 0 Å². The molecule has 0 aliphatic carbocycles. The van der Waals surface area contributed by atoms with Crippen molar-refractivity contribution in [1.29, 1.82) is 0 Å². The zero-order valence-electron chi connectivity index (χ0n) is 10.4. The molecule has 2 aromatic carbocycles. The van der Waals surface area contributed by atoms with Crippen molar-refractivity contribution in [2.45, 2.75) is 6.42 Å². The minimum atomic E-state index is 0.895. The highest BCUT2D eigenvalue weighted by Gasteiger charge is 2.17. The molecular formula is C17H12N2. The van der Waals surface area contributed by atoms with Crippen molar-refractivity contribution in [1.82, 2.24) is 4.98 Å². The monoisotopic (exact) mass is 244 g/mol. The van der Waals surface area contributed by atoms with Crippen LogP contribution in [-0.2, 0) is 6.42 Å². The van der Waals surface area contributed by atoms with Crippen molar-refractivity contribution in [2.75, 3.05) is 0 Å². The van der Waals surface area contributed by atoms with Crippen LogP contribution in [0.25, 0.3) is 10.8 Å². The largest absolute Gasteiger partial charge is 0.263 e. The third-order valence-electron chi connectivity index (χ3n) is 3.58. The molecule has 0 radical (unpaired) electrons. The van der Waals surface area contributed by atoms with Crippen LogP contribution in [0, 0.1) is 0 Å². The lowest BCUT2D eigenvalue weighted by molar-refractivity contribution is 1.33. The lowest BCUT2D eigenvalue weighted by atomic mass is 10.0. The maximum Gasteiger partial charge on any atom is 0.0669 e. The highest BCUT2D eigenvalue weighted by Crippen LogP contribution is 2.30. The molecule has 2 heteroatoms. The van der Waals surface area contributed by atoms with Gasteiger partial charge in [0.05, 0.1) is 11.4 Å². The van der Waals surface area contributed by atoms with Crippen LogP contribution in [0.4, 0.5) is 5.69 Å². The number of aromatic nitrogens is 1. The van der Waals surface area contributed by atoms with Gasteiger partial charge >= 0.3 is 0 Å². The van der Waals surface area contributed by atoms with Crippen LogP contribution in [0.5, 0.6) is 0 Å². The third-order valence-corrected chi connectivity index (χ3v) is 3.58. The lowest BCUT2D eigenvalue weighted by Crippen LogP contribution is -2.02. The fraction of sp³-hybridized carbons (Fsp3) is 0.0588. The standard InChI is InChI=1S/C17H12N2/c1-3-7-14-13(6-1)10-18-11-15(14)17-9-12-5-2-4-8-16(12)19-17/h1-8,10-11H,9H2. The van der Waals surface area contributed by atoms with Gasteiger partial charge in [0.25, 0.3) is 0 Å². The summed E-state index contributed by atoms with van der Waals surface area (Å²) >= 11 is 0. The third kappa shape index (κ3) is 1.65. The summed E-state index contributed by atoms with van der Waals surface area (Å²) in [6.45, 7) is 0. The van der Waals surface area contributed by atoms with Gasteiger partial charge in [0, 0.05) is 29.8 Å². The van der Waals surface area contributed by atoms with Crippen molar-refractivity contribution in [3.63, 3.8) is 0 Å². The predicted molar refractivity (Wildman–Crippen MR) is 78.1 cm³/mol. The normalized spacial score (nSPS) is 13.4. The molecule has 0 saturated carbocycles. The Morgan fingerprint density at radius 3 is 2.63 bits per heavy atom. The minimum absolute atomic E-state index is 0.895. The zero-order valence-corrected chi connectivity index (χ0v) is 10.4. The molecule has 0 spiro atoms. The molecule has 19 heavy (non-hydrogen) atoms. The van der Waals surface area contributed by atoms with Gasteiger partial charge in [0.1, 0.15) is 0 Å². The molecule has 90 valence electrons. The van der Waals surface area contributed by atoms with Gasteiger partial charge in [-0.2, -0.15) is 0 Å². The number of fused-ring (bicyclic) bond motifs is 2. The summed E-state index contributed by atoms with van der Waals surface area (Å²) in [6.07, 6.45) is 4.72. The number of hydrogen-bond donors (Lipinski definition) is 0. The fourth-order valence-corrected chi connectivity index (χ4v) is 2.64. The first kappa shape index (κ1) is 10.4. The first-order chi connectivity index (χ1) is 9.42. The minimum Gasteiger partial charge on any atom is -0.263 e. The Morgan fingerprint density at radius 2 is 1.68 bits per heavy atom. The van der Waals surface area contributed by atoms with E-state index in [1.807, 2.05) is 24.5 Å².